The monoisotopic (exact) mass is 272 g/mol. The van der Waals surface area contributed by atoms with Gasteiger partial charge in [-0.3, -0.25) is 0 Å². The van der Waals surface area contributed by atoms with E-state index in [4.69, 9.17) is 4.74 Å². The minimum Gasteiger partial charge on any atom is -0.495 e. The number of nitrogens with one attached hydrogen (secondary N) is 1. The summed E-state index contributed by atoms with van der Waals surface area (Å²) in [6, 6.07) is 17.5. The molecule has 0 unspecified atom stereocenters. The number of aromatic nitrogens is 1. The molecule has 0 amide bonds. The highest BCUT2D eigenvalue weighted by molar-refractivity contribution is 5.88. The molecule has 0 saturated heterocycles. The Morgan fingerprint density at radius 2 is 1.76 bits per heavy atom. The number of hydrogen-bond donors (Lipinski definition) is 1. The van der Waals surface area contributed by atoms with Crippen molar-refractivity contribution in [2.24, 2.45) is 0 Å². The molecule has 21 heavy (non-hydrogen) atoms. The number of nitrogens with zero attached hydrogens (tertiary/aromatic N) is 1. The van der Waals surface area contributed by atoms with Crippen LogP contribution >= 0.6 is 0 Å². The molecule has 0 atom stereocenters. The molecule has 1 heterocycles. The number of para-hydroxylation sites is 2. The topological polar surface area (TPSA) is 48.8 Å². The van der Waals surface area contributed by atoms with Crippen molar-refractivity contribution >= 4 is 10.9 Å². The molecule has 0 bridgehead atoms. The SMILES string of the molecule is COc1ccccc1C#Cc1c(C#N)[nH]c2ccccc12. The fraction of sp³-hybridized carbons (Fsp3) is 0.0556. The molecule has 0 aliphatic carbocycles. The van der Waals surface area contributed by atoms with Crippen LogP contribution in [0, 0.1) is 23.2 Å². The van der Waals surface area contributed by atoms with E-state index < -0.39 is 0 Å². The summed E-state index contributed by atoms with van der Waals surface area (Å²) in [7, 11) is 1.62. The third-order valence-electron chi connectivity index (χ3n) is 3.25. The molecular weight excluding hydrogens is 260 g/mol. The standard InChI is InChI=1S/C18H12N2O/c1-21-18-9-5-2-6-13(18)10-11-15-14-7-3-4-8-16(14)20-17(15)12-19/h2-9,20H,1H3. The van der Waals surface area contributed by atoms with E-state index in [0.29, 0.717) is 5.69 Å². The highest BCUT2D eigenvalue weighted by atomic mass is 16.5. The van der Waals surface area contributed by atoms with Gasteiger partial charge in [0.25, 0.3) is 0 Å². The Hall–Kier alpha value is -3.17. The fourth-order valence-corrected chi connectivity index (χ4v) is 2.23. The van der Waals surface area contributed by atoms with E-state index in [0.717, 1.165) is 27.8 Å². The second kappa shape index (κ2) is 5.45. The molecule has 0 saturated carbocycles. The zero-order valence-corrected chi connectivity index (χ0v) is 11.5. The molecule has 3 heteroatoms. The quantitative estimate of drug-likeness (QED) is 0.690. The largest absolute Gasteiger partial charge is 0.495 e. The van der Waals surface area contributed by atoms with Crippen LogP contribution in [0.3, 0.4) is 0 Å². The summed E-state index contributed by atoms with van der Waals surface area (Å²) in [5.41, 5.74) is 2.92. The van der Waals surface area contributed by atoms with Crippen LogP contribution in [0.1, 0.15) is 16.8 Å². The number of rotatable bonds is 1. The first-order valence-electron chi connectivity index (χ1n) is 6.49. The molecule has 0 fully saturated rings. The van der Waals surface area contributed by atoms with Gasteiger partial charge in [-0.05, 0) is 18.2 Å². The van der Waals surface area contributed by atoms with Crippen molar-refractivity contribution in [1.82, 2.24) is 4.98 Å². The summed E-state index contributed by atoms with van der Waals surface area (Å²) in [4.78, 5) is 3.08. The number of hydrogen-bond acceptors (Lipinski definition) is 2. The van der Waals surface area contributed by atoms with Crippen molar-refractivity contribution in [1.29, 1.82) is 5.26 Å². The molecule has 3 aromatic rings. The number of H-pyrrole nitrogens is 1. The summed E-state index contributed by atoms with van der Waals surface area (Å²) in [6.45, 7) is 0. The molecule has 1 N–H and O–H groups in total. The van der Waals surface area contributed by atoms with Crippen molar-refractivity contribution in [2.75, 3.05) is 7.11 Å². The maximum absolute atomic E-state index is 9.24. The lowest BCUT2D eigenvalue weighted by Gasteiger charge is -2.00. The number of benzene rings is 2. The van der Waals surface area contributed by atoms with E-state index in [9.17, 15) is 5.26 Å². The summed E-state index contributed by atoms with van der Waals surface area (Å²) in [6.07, 6.45) is 0. The summed E-state index contributed by atoms with van der Waals surface area (Å²) in [5.74, 6) is 6.91. The molecule has 0 spiro atoms. The third-order valence-corrected chi connectivity index (χ3v) is 3.25. The van der Waals surface area contributed by atoms with Gasteiger partial charge in [0.05, 0.1) is 18.2 Å². The Morgan fingerprint density at radius 3 is 2.57 bits per heavy atom. The zero-order valence-electron chi connectivity index (χ0n) is 11.5. The van der Waals surface area contributed by atoms with E-state index in [1.54, 1.807) is 7.11 Å². The van der Waals surface area contributed by atoms with Crippen LogP contribution in [0.5, 0.6) is 5.75 Å². The number of aromatic amines is 1. The van der Waals surface area contributed by atoms with E-state index in [1.807, 2.05) is 48.5 Å². The van der Waals surface area contributed by atoms with E-state index in [-0.39, 0.29) is 0 Å². The number of ether oxygens (including phenoxy) is 1. The summed E-state index contributed by atoms with van der Waals surface area (Å²) < 4.78 is 5.28. The van der Waals surface area contributed by atoms with E-state index >= 15 is 0 Å². The lowest BCUT2D eigenvalue weighted by molar-refractivity contribution is 0.413. The normalized spacial score (nSPS) is 9.71. The first kappa shape index (κ1) is 12.8. The Bertz CT molecular complexity index is 904. The van der Waals surface area contributed by atoms with Gasteiger partial charge in [-0.15, -0.1) is 0 Å². The Balaban J connectivity index is 2.15. The molecule has 3 nitrogen and oxygen atoms in total. The predicted molar refractivity (Wildman–Crippen MR) is 82.0 cm³/mol. The maximum Gasteiger partial charge on any atom is 0.134 e. The van der Waals surface area contributed by atoms with Gasteiger partial charge in [0.1, 0.15) is 17.5 Å². The molecule has 100 valence electrons. The van der Waals surface area contributed by atoms with Crippen LogP contribution in [0.15, 0.2) is 48.5 Å². The number of fused-ring (bicyclic) bond motifs is 1. The lowest BCUT2D eigenvalue weighted by atomic mass is 10.1. The van der Waals surface area contributed by atoms with Crippen molar-refractivity contribution in [3.05, 3.63) is 65.4 Å². The van der Waals surface area contributed by atoms with Crippen LogP contribution < -0.4 is 4.74 Å². The van der Waals surface area contributed by atoms with Crippen molar-refractivity contribution in [3.8, 4) is 23.7 Å². The Morgan fingerprint density at radius 1 is 1.00 bits per heavy atom. The van der Waals surface area contributed by atoms with E-state index in [1.165, 1.54) is 0 Å². The van der Waals surface area contributed by atoms with Gasteiger partial charge in [0, 0.05) is 10.9 Å². The van der Waals surface area contributed by atoms with Crippen LogP contribution in [-0.2, 0) is 0 Å². The van der Waals surface area contributed by atoms with Crippen LogP contribution in [0.25, 0.3) is 10.9 Å². The minimum atomic E-state index is 0.485. The molecule has 0 radical (unpaired) electrons. The first-order chi connectivity index (χ1) is 10.3. The molecule has 0 aliphatic rings. The summed E-state index contributed by atoms with van der Waals surface area (Å²) in [5, 5.41) is 10.2. The average Bonchev–Trinajstić information content (AvgIpc) is 2.91. The van der Waals surface area contributed by atoms with Gasteiger partial charge < -0.3 is 9.72 Å². The van der Waals surface area contributed by atoms with E-state index in [2.05, 4.69) is 22.9 Å². The van der Waals surface area contributed by atoms with Crippen molar-refractivity contribution < 1.29 is 4.74 Å². The zero-order chi connectivity index (χ0) is 14.7. The van der Waals surface area contributed by atoms with Gasteiger partial charge in [-0.2, -0.15) is 5.26 Å². The molecular formula is C18H12N2O. The second-order valence-electron chi connectivity index (χ2n) is 4.48. The van der Waals surface area contributed by atoms with Crippen LogP contribution in [0.2, 0.25) is 0 Å². The molecule has 2 aromatic carbocycles. The van der Waals surface area contributed by atoms with Gasteiger partial charge in [-0.25, -0.2) is 0 Å². The number of methoxy groups -OCH3 is 1. The van der Waals surface area contributed by atoms with Crippen LogP contribution in [0.4, 0.5) is 0 Å². The fourth-order valence-electron chi connectivity index (χ4n) is 2.23. The van der Waals surface area contributed by atoms with Crippen molar-refractivity contribution in [3.63, 3.8) is 0 Å². The summed E-state index contributed by atoms with van der Waals surface area (Å²) >= 11 is 0. The van der Waals surface area contributed by atoms with Gasteiger partial charge >= 0.3 is 0 Å². The van der Waals surface area contributed by atoms with Gasteiger partial charge in [-0.1, -0.05) is 42.2 Å². The molecule has 0 aliphatic heterocycles. The van der Waals surface area contributed by atoms with Gasteiger partial charge in [0.15, 0.2) is 0 Å². The maximum atomic E-state index is 9.24. The second-order valence-corrected chi connectivity index (χ2v) is 4.48. The average molecular weight is 272 g/mol. The number of nitriles is 1. The van der Waals surface area contributed by atoms with Crippen molar-refractivity contribution in [2.45, 2.75) is 0 Å². The Labute approximate surface area is 122 Å². The van der Waals surface area contributed by atoms with Crippen LogP contribution in [-0.4, -0.2) is 12.1 Å². The minimum absolute atomic E-state index is 0.485. The lowest BCUT2D eigenvalue weighted by Crippen LogP contribution is -1.87. The Kier molecular flexibility index (Phi) is 3.33. The smallest absolute Gasteiger partial charge is 0.134 e. The third kappa shape index (κ3) is 2.33. The first-order valence-corrected chi connectivity index (χ1v) is 6.49. The molecule has 1 aromatic heterocycles. The molecule has 3 rings (SSSR count). The van der Waals surface area contributed by atoms with Gasteiger partial charge in [0.2, 0.25) is 0 Å². The highest BCUT2D eigenvalue weighted by Crippen LogP contribution is 2.22. The predicted octanol–water partition coefficient (Wildman–Crippen LogP) is 3.45. The highest BCUT2D eigenvalue weighted by Gasteiger charge is 2.08.